The molecule has 136 valence electrons. The van der Waals surface area contributed by atoms with Crippen molar-refractivity contribution in [3.8, 4) is 17.2 Å². The van der Waals surface area contributed by atoms with Crippen LogP contribution in [0, 0.1) is 0 Å². The summed E-state index contributed by atoms with van der Waals surface area (Å²) in [6, 6.07) is 13.9. The van der Waals surface area contributed by atoms with Crippen molar-refractivity contribution < 1.29 is 17.6 Å². The first-order valence-corrected chi connectivity index (χ1v) is 9.67. The Morgan fingerprint density at radius 1 is 1.15 bits per heavy atom. The summed E-state index contributed by atoms with van der Waals surface area (Å²) in [5.74, 6) is 0.862. The third-order valence-corrected chi connectivity index (χ3v) is 5.17. The molecular formula is C17H16ClN3O4S. The van der Waals surface area contributed by atoms with Crippen LogP contribution in [0.15, 0.2) is 52.9 Å². The highest BCUT2D eigenvalue weighted by atomic mass is 35.5. The van der Waals surface area contributed by atoms with Crippen LogP contribution < -0.4 is 9.46 Å². The van der Waals surface area contributed by atoms with Crippen LogP contribution in [-0.2, 0) is 22.3 Å². The Morgan fingerprint density at radius 3 is 2.73 bits per heavy atom. The SMILES string of the molecule is COc1cccc(-c2nnc(CNS(=O)(=O)Cc3ccccc3Cl)o2)c1. The zero-order valence-corrected chi connectivity index (χ0v) is 15.4. The third kappa shape index (κ3) is 4.60. The third-order valence-electron chi connectivity index (χ3n) is 3.53. The van der Waals surface area contributed by atoms with E-state index in [1.165, 1.54) is 0 Å². The summed E-state index contributed by atoms with van der Waals surface area (Å²) in [5, 5.41) is 8.20. The topological polar surface area (TPSA) is 94.3 Å². The highest BCUT2D eigenvalue weighted by Crippen LogP contribution is 2.22. The Kier molecular flexibility index (Phi) is 5.55. The average molecular weight is 394 g/mol. The standard InChI is InChI=1S/C17H16ClN3O4S/c1-24-14-7-4-6-12(9-14)17-21-20-16(25-17)10-19-26(22,23)11-13-5-2-3-8-15(13)18/h2-9,19H,10-11H2,1H3. The molecule has 0 unspecified atom stereocenters. The number of sulfonamides is 1. The second kappa shape index (κ2) is 7.86. The molecule has 0 aliphatic rings. The highest BCUT2D eigenvalue weighted by Gasteiger charge is 2.16. The van der Waals surface area contributed by atoms with Gasteiger partial charge in [-0.2, -0.15) is 0 Å². The van der Waals surface area contributed by atoms with E-state index in [1.807, 2.05) is 0 Å². The van der Waals surface area contributed by atoms with Crippen LogP contribution in [0.1, 0.15) is 11.5 Å². The van der Waals surface area contributed by atoms with Gasteiger partial charge in [0, 0.05) is 10.6 Å². The number of hydrogen-bond acceptors (Lipinski definition) is 6. The number of hydrogen-bond donors (Lipinski definition) is 1. The summed E-state index contributed by atoms with van der Waals surface area (Å²) in [4.78, 5) is 0. The number of benzene rings is 2. The first-order valence-electron chi connectivity index (χ1n) is 7.64. The lowest BCUT2D eigenvalue weighted by atomic mass is 10.2. The predicted molar refractivity (Wildman–Crippen MR) is 97.2 cm³/mol. The maximum atomic E-state index is 12.2. The van der Waals surface area contributed by atoms with Gasteiger partial charge < -0.3 is 9.15 Å². The predicted octanol–water partition coefficient (Wildman–Crippen LogP) is 3.02. The van der Waals surface area contributed by atoms with Gasteiger partial charge in [0.2, 0.25) is 21.8 Å². The maximum absolute atomic E-state index is 12.2. The van der Waals surface area contributed by atoms with E-state index in [4.69, 9.17) is 20.8 Å². The minimum absolute atomic E-state index is 0.107. The molecule has 9 heteroatoms. The van der Waals surface area contributed by atoms with Gasteiger partial charge in [-0.25, -0.2) is 13.1 Å². The summed E-state index contributed by atoms with van der Waals surface area (Å²) < 4.78 is 37.5. The molecular weight excluding hydrogens is 378 g/mol. The fourth-order valence-corrected chi connectivity index (χ4v) is 3.63. The van der Waals surface area contributed by atoms with Crippen LogP contribution >= 0.6 is 11.6 Å². The molecule has 2 aromatic carbocycles. The normalized spacial score (nSPS) is 11.5. The molecule has 0 saturated heterocycles. The summed E-state index contributed by atoms with van der Waals surface area (Å²) >= 11 is 6.00. The molecule has 0 saturated carbocycles. The van der Waals surface area contributed by atoms with Crippen LogP contribution in [0.2, 0.25) is 5.02 Å². The lowest BCUT2D eigenvalue weighted by Crippen LogP contribution is -2.25. The second-order valence-corrected chi connectivity index (χ2v) is 7.62. The molecule has 1 aromatic heterocycles. The number of nitrogens with zero attached hydrogens (tertiary/aromatic N) is 2. The van der Waals surface area contributed by atoms with Gasteiger partial charge in [-0.05, 0) is 29.8 Å². The van der Waals surface area contributed by atoms with Crippen molar-refractivity contribution in [1.82, 2.24) is 14.9 Å². The lowest BCUT2D eigenvalue weighted by Gasteiger charge is -2.06. The Hall–Kier alpha value is -2.42. The van der Waals surface area contributed by atoms with E-state index in [0.29, 0.717) is 21.9 Å². The van der Waals surface area contributed by atoms with Gasteiger partial charge >= 0.3 is 0 Å². The van der Waals surface area contributed by atoms with Crippen molar-refractivity contribution in [2.75, 3.05) is 7.11 Å². The van der Waals surface area contributed by atoms with E-state index in [2.05, 4.69) is 14.9 Å². The van der Waals surface area contributed by atoms with Crippen molar-refractivity contribution in [3.05, 3.63) is 65.0 Å². The minimum Gasteiger partial charge on any atom is -0.497 e. The first-order chi connectivity index (χ1) is 12.5. The van der Waals surface area contributed by atoms with Gasteiger partial charge in [0.15, 0.2) is 0 Å². The Bertz CT molecular complexity index is 1000. The molecule has 1 heterocycles. The molecule has 26 heavy (non-hydrogen) atoms. The van der Waals surface area contributed by atoms with Gasteiger partial charge in [-0.3, -0.25) is 0 Å². The van der Waals surface area contributed by atoms with Gasteiger partial charge in [0.05, 0.1) is 19.4 Å². The molecule has 0 aliphatic carbocycles. The molecule has 0 atom stereocenters. The first kappa shape index (κ1) is 18.4. The monoisotopic (exact) mass is 393 g/mol. The lowest BCUT2D eigenvalue weighted by molar-refractivity contribution is 0.414. The number of ether oxygens (including phenoxy) is 1. The molecule has 3 rings (SSSR count). The molecule has 0 bridgehead atoms. The smallest absolute Gasteiger partial charge is 0.247 e. The van der Waals surface area contributed by atoms with Gasteiger partial charge in [-0.15, -0.1) is 10.2 Å². The zero-order chi connectivity index (χ0) is 18.6. The molecule has 7 nitrogen and oxygen atoms in total. The van der Waals surface area contributed by atoms with E-state index in [-0.39, 0.29) is 24.1 Å². The quantitative estimate of drug-likeness (QED) is 0.663. The van der Waals surface area contributed by atoms with Crippen molar-refractivity contribution in [2.24, 2.45) is 0 Å². The van der Waals surface area contributed by atoms with Crippen LogP contribution in [0.25, 0.3) is 11.5 Å². The molecule has 0 spiro atoms. The number of rotatable bonds is 7. The summed E-state index contributed by atoms with van der Waals surface area (Å²) in [5.41, 5.74) is 1.20. The van der Waals surface area contributed by atoms with Crippen LogP contribution in [0.3, 0.4) is 0 Å². The zero-order valence-electron chi connectivity index (χ0n) is 13.8. The molecule has 0 fully saturated rings. The molecule has 0 aliphatic heterocycles. The average Bonchev–Trinajstić information content (AvgIpc) is 3.11. The van der Waals surface area contributed by atoms with Gasteiger partial charge in [-0.1, -0.05) is 35.9 Å². The van der Waals surface area contributed by atoms with E-state index in [0.717, 1.165) is 0 Å². The Labute approximate surface area is 156 Å². The summed E-state index contributed by atoms with van der Waals surface area (Å²) in [6.07, 6.45) is 0. The fourth-order valence-electron chi connectivity index (χ4n) is 2.24. The maximum Gasteiger partial charge on any atom is 0.247 e. The number of nitrogens with one attached hydrogen (secondary N) is 1. The summed E-state index contributed by atoms with van der Waals surface area (Å²) in [6.45, 7) is -0.107. The number of aromatic nitrogens is 2. The van der Waals surface area contributed by atoms with E-state index in [1.54, 1.807) is 55.6 Å². The number of methoxy groups -OCH3 is 1. The van der Waals surface area contributed by atoms with Crippen LogP contribution in [-0.4, -0.2) is 25.7 Å². The summed E-state index contributed by atoms with van der Waals surface area (Å²) in [7, 11) is -2.04. The molecule has 1 N–H and O–H groups in total. The highest BCUT2D eigenvalue weighted by molar-refractivity contribution is 7.88. The molecule has 0 radical (unpaired) electrons. The van der Waals surface area contributed by atoms with Crippen LogP contribution in [0.4, 0.5) is 0 Å². The van der Waals surface area contributed by atoms with Crippen molar-refractivity contribution in [1.29, 1.82) is 0 Å². The van der Waals surface area contributed by atoms with E-state index < -0.39 is 10.0 Å². The van der Waals surface area contributed by atoms with E-state index in [9.17, 15) is 8.42 Å². The van der Waals surface area contributed by atoms with Gasteiger partial charge in [0.1, 0.15) is 5.75 Å². The number of halogens is 1. The Morgan fingerprint density at radius 2 is 1.96 bits per heavy atom. The van der Waals surface area contributed by atoms with Crippen molar-refractivity contribution in [3.63, 3.8) is 0 Å². The van der Waals surface area contributed by atoms with Gasteiger partial charge in [0.25, 0.3) is 0 Å². The molecule has 0 amide bonds. The largest absolute Gasteiger partial charge is 0.497 e. The Balaban J connectivity index is 1.66. The van der Waals surface area contributed by atoms with E-state index >= 15 is 0 Å². The fraction of sp³-hybridized carbons (Fsp3) is 0.176. The minimum atomic E-state index is -3.60. The van der Waals surface area contributed by atoms with Crippen molar-refractivity contribution in [2.45, 2.75) is 12.3 Å². The van der Waals surface area contributed by atoms with Crippen molar-refractivity contribution >= 4 is 21.6 Å². The second-order valence-electron chi connectivity index (χ2n) is 5.40. The molecule has 3 aromatic rings. The van der Waals surface area contributed by atoms with Crippen LogP contribution in [0.5, 0.6) is 5.75 Å².